The van der Waals surface area contributed by atoms with E-state index in [1.54, 1.807) is 6.07 Å². The lowest BCUT2D eigenvalue weighted by atomic mass is 10.0. The van der Waals surface area contributed by atoms with E-state index in [1.807, 2.05) is 48.5 Å². The molecule has 0 spiro atoms. The number of aliphatic hydroxyl groups is 2. The van der Waals surface area contributed by atoms with Crippen molar-refractivity contribution in [1.29, 1.82) is 0 Å². The van der Waals surface area contributed by atoms with Crippen LogP contribution < -0.4 is 10.4 Å². The van der Waals surface area contributed by atoms with Crippen LogP contribution in [-0.2, 0) is 4.74 Å². The van der Waals surface area contributed by atoms with E-state index in [0.717, 1.165) is 16.7 Å². The van der Waals surface area contributed by atoms with Gasteiger partial charge in [-0.2, -0.15) is 14.8 Å². The van der Waals surface area contributed by atoms with Crippen molar-refractivity contribution in [3.63, 3.8) is 0 Å². The summed E-state index contributed by atoms with van der Waals surface area (Å²) in [5, 5.41) is 23.7. The molecule has 4 N–H and O–H groups in total. The van der Waals surface area contributed by atoms with E-state index < -0.39 is 18.3 Å². The fraction of sp³-hybridized carbons (Fsp3) is 0.231. The molecule has 11 nitrogen and oxygen atoms in total. The van der Waals surface area contributed by atoms with Crippen molar-refractivity contribution in [1.82, 2.24) is 29.7 Å². The first-order chi connectivity index (χ1) is 18.5. The molecule has 2 aromatic carbocycles. The SMILES string of the molecule is O=c1[nH]cnn1-c1ccc(-c2ccc(-c3nc4nc(OC5COC(CO)C(O)C5)[nH]c4cc3Cl)cc2)cc1. The number of fused-ring (bicyclic) bond motifs is 1. The Hall–Kier alpha value is -4.03. The van der Waals surface area contributed by atoms with Crippen LogP contribution in [0.3, 0.4) is 0 Å². The maximum absolute atomic E-state index is 11.8. The predicted molar refractivity (Wildman–Crippen MR) is 139 cm³/mol. The van der Waals surface area contributed by atoms with Gasteiger partial charge in [-0.25, -0.2) is 9.78 Å². The van der Waals surface area contributed by atoms with Gasteiger partial charge in [-0.1, -0.05) is 48.0 Å². The van der Waals surface area contributed by atoms with Crippen LogP contribution in [0.2, 0.25) is 5.02 Å². The van der Waals surface area contributed by atoms with Crippen molar-refractivity contribution in [3.8, 4) is 34.1 Å². The normalized spacial score (nSPS) is 19.6. The molecule has 0 saturated carbocycles. The summed E-state index contributed by atoms with van der Waals surface area (Å²) in [5.41, 5.74) is 4.81. The molecular weight excluding hydrogens is 512 g/mol. The summed E-state index contributed by atoms with van der Waals surface area (Å²) in [5.74, 6) is 0. The fourth-order valence-electron chi connectivity index (χ4n) is 4.45. The number of aromatic amines is 2. The monoisotopic (exact) mass is 534 g/mol. The number of nitrogens with zero attached hydrogens (tertiary/aromatic N) is 4. The highest BCUT2D eigenvalue weighted by molar-refractivity contribution is 6.33. The van der Waals surface area contributed by atoms with Crippen LogP contribution in [-0.4, -0.2) is 71.5 Å². The molecule has 1 saturated heterocycles. The molecule has 1 aliphatic heterocycles. The number of hydrogen-bond acceptors (Lipinski definition) is 8. The fourth-order valence-corrected chi connectivity index (χ4v) is 4.71. The van der Waals surface area contributed by atoms with Crippen LogP contribution in [0.4, 0.5) is 0 Å². The van der Waals surface area contributed by atoms with Crippen molar-refractivity contribution in [2.45, 2.75) is 24.7 Å². The van der Waals surface area contributed by atoms with Gasteiger partial charge in [0.15, 0.2) is 5.65 Å². The predicted octanol–water partition coefficient (Wildman–Crippen LogP) is 2.71. The summed E-state index contributed by atoms with van der Waals surface area (Å²) < 4.78 is 12.6. The molecule has 3 atom stereocenters. The zero-order chi connectivity index (χ0) is 26.2. The van der Waals surface area contributed by atoms with Gasteiger partial charge in [-0.15, -0.1) is 0 Å². The molecule has 1 fully saturated rings. The summed E-state index contributed by atoms with van der Waals surface area (Å²) >= 11 is 6.56. The maximum Gasteiger partial charge on any atom is 0.347 e. The minimum atomic E-state index is -0.816. The zero-order valence-electron chi connectivity index (χ0n) is 19.9. The van der Waals surface area contributed by atoms with E-state index in [-0.39, 0.29) is 24.9 Å². The van der Waals surface area contributed by atoms with Crippen molar-refractivity contribution in [3.05, 3.63) is 76.4 Å². The number of rotatable bonds is 6. The summed E-state index contributed by atoms with van der Waals surface area (Å²) in [6.45, 7) is -0.0132. The van der Waals surface area contributed by atoms with Gasteiger partial charge in [0.05, 0.1) is 41.2 Å². The van der Waals surface area contributed by atoms with Gasteiger partial charge in [0.25, 0.3) is 6.01 Å². The molecule has 5 aromatic rings. The van der Waals surface area contributed by atoms with Gasteiger partial charge >= 0.3 is 5.69 Å². The van der Waals surface area contributed by atoms with Crippen LogP contribution in [0, 0.1) is 0 Å². The Morgan fingerprint density at radius 2 is 1.79 bits per heavy atom. The maximum atomic E-state index is 11.8. The zero-order valence-corrected chi connectivity index (χ0v) is 20.7. The largest absolute Gasteiger partial charge is 0.459 e. The molecule has 1 aliphatic rings. The van der Waals surface area contributed by atoms with E-state index in [4.69, 9.17) is 21.1 Å². The summed E-state index contributed by atoms with van der Waals surface area (Å²) in [7, 11) is 0. The van der Waals surface area contributed by atoms with E-state index in [0.29, 0.717) is 34.0 Å². The van der Waals surface area contributed by atoms with Gasteiger partial charge in [-0.3, -0.25) is 4.98 Å². The smallest absolute Gasteiger partial charge is 0.347 e. The molecule has 0 bridgehead atoms. The Bertz CT molecular complexity index is 1630. The third-order valence-corrected chi connectivity index (χ3v) is 6.74. The average Bonchev–Trinajstić information content (AvgIpc) is 3.53. The van der Waals surface area contributed by atoms with Crippen LogP contribution in [0.25, 0.3) is 39.2 Å². The van der Waals surface area contributed by atoms with Crippen molar-refractivity contribution in [2.75, 3.05) is 13.2 Å². The number of H-pyrrole nitrogens is 2. The Kier molecular flexibility index (Phi) is 6.42. The summed E-state index contributed by atoms with van der Waals surface area (Å²) in [6, 6.07) is 17.3. The molecule has 4 heterocycles. The molecule has 0 aliphatic carbocycles. The van der Waals surface area contributed by atoms with Crippen LogP contribution in [0.5, 0.6) is 6.01 Å². The molecular formula is C26H23ClN6O5. The molecule has 194 valence electrons. The number of nitrogens with one attached hydrogen (secondary N) is 2. The first-order valence-corrected chi connectivity index (χ1v) is 12.3. The van der Waals surface area contributed by atoms with Gasteiger partial charge < -0.3 is 24.7 Å². The molecule has 12 heteroatoms. The quantitative estimate of drug-likeness (QED) is 0.259. The summed E-state index contributed by atoms with van der Waals surface area (Å²) in [6.07, 6.45) is -0.160. The van der Waals surface area contributed by atoms with Gasteiger partial charge in [0.2, 0.25) is 0 Å². The van der Waals surface area contributed by atoms with Gasteiger partial charge in [0.1, 0.15) is 18.5 Å². The third-order valence-electron chi connectivity index (χ3n) is 6.45. The first-order valence-electron chi connectivity index (χ1n) is 12.0. The molecule has 6 rings (SSSR count). The number of halogens is 1. The Morgan fingerprint density at radius 3 is 2.45 bits per heavy atom. The Morgan fingerprint density at radius 1 is 1.08 bits per heavy atom. The Labute approximate surface area is 220 Å². The lowest BCUT2D eigenvalue weighted by Gasteiger charge is -2.31. The van der Waals surface area contributed by atoms with Crippen molar-refractivity contribution < 1.29 is 19.7 Å². The number of benzene rings is 2. The third kappa shape index (κ3) is 4.68. The lowest BCUT2D eigenvalue weighted by molar-refractivity contribution is -0.131. The highest BCUT2D eigenvalue weighted by Gasteiger charge is 2.31. The minimum Gasteiger partial charge on any atom is -0.459 e. The van der Waals surface area contributed by atoms with E-state index in [2.05, 4.69) is 25.0 Å². The first kappa shape index (κ1) is 24.3. The number of pyridine rings is 1. The van der Waals surface area contributed by atoms with Gasteiger partial charge in [0, 0.05) is 12.0 Å². The highest BCUT2D eigenvalue weighted by Crippen LogP contribution is 2.31. The minimum absolute atomic E-state index is 0.232. The topological polar surface area (TPSA) is 151 Å². The molecule has 0 amide bonds. The second-order valence-corrected chi connectivity index (χ2v) is 9.37. The second kappa shape index (κ2) is 10.0. The van der Waals surface area contributed by atoms with Crippen LogP contribution >= 0.6 is 11.6 Å². The number of ether oxygens (including phenoxy) is 2. The second-order valence-electron chi connectivity index (χ2n) is 8.96. The van der Waals surface area contributed by atoms with Crippen molar-refractivity contribution in [2.24, 2.45) is 0 Å². The van der Waals surface area contributed by atoms with E-state index >= 15 is 0 Å². The molecule has 0 radical (unpaired) electrons. The van der Waals surface area contributed by atoms with Gasteiger partial charge in [-0.05, 0) is 29.3 Å². The number of imidazole rings is 1. The Balaban J connectivity index is 1.20. The molecule has 3 unspecified atom stereocenters. The number of hydrogen-bond donors (Lipinski definition) is 4. The highest BCUT2D eigenvalue weighted by atomic mass is 35.5. The number of aliphatic hydroxyl groups excluding tert-OH is 2. The summed E-state index contributed by atoms with van der Waals surface area (Å²) in [4.78, 5) is 26.4. The average molecular weight is 535 g/mol. The molecule has 38 heavy (non-hydrogen) atoms. The lowest BCUT2D eigenvalue weighted by Crippen LogP contribution is -2.45. The van der Waals surface area contributed by atoms with Crippen molar-refractivity contribution >= 4 is 22.8 Å². The standard InChI is InChI=1S/C26H23ClN6O5/c27-19-10-20-24(32-25(30-20)38-18-9-21(35)22(11-34)37-12-18)31-23(19)16-3-1-14(2-4-16)15-5-7-17(8-6-15)33-26(36)28-13-29-33/h1-8,10,13,18,21-22,34-35H,9,11-12H2,(H,28,29,36)(H,30,31,32). The van der Waals surface area contributed by atoms with E-state index in [1.165, 1.54) is 11.0 Å². The van der Waals surface area contributed by atoms with Crippen LogP contribution in [0.15, 0.2) is 65.7 Å². The molecule has 3 aromatic heterocycles. The van der Waals surface area contributed by atoms with Crippen LogP contribution in [0.1, 0.15) is 6.42 Å². The van der Waals surface area contributed by atoms with E-state index in [9.17, 15) is 15.0 Å². The number of aromatic nitrogens is 6.